The van der Waals surface area contributed by atoms with Crippen LogP contribution in [0.25, 0.3) is 0 Å². The average Bonchev–Trinajstić information content (AvgIpc) is 3.48. The molecule has 1 spiro atoms. The maximum absolute atomic E-state index is 13.8. The molecule has 1 aromatic carbocycles. The molecule has 3 aliphatic heterocycles. The Hall–Kier alpha value is -2.68. The molecule has 4 heterocycles. The number of pyridine rings is 1. The molecule has 3 N–H and O–H groups in total. The first-order valence-corrected chi connectivity index (χ1v) is 12.0. The number of nitrogens with zero attached hydrogens (tertiary/aromatic N) is 3. The van der Waals surface area contributed by atoms with Gasteiger partial charge in [0.25, 0.3) is 0 Å². The highest BCUT2D eigenvalue weighted by atomic mass is 16.5. The van der Waals surface area contributed by atoms with E-state index in [2.05, 4.69) is 40.1 Å². The van der Waals surface area contributed by atoms with E-state index in [4.69, 9.17) is 9.72 Å². The van der Waals surface area contributed by atoms with Crippen molar-refractivity contribution in [1.29, 1.82) is 0 Å². The molecule has 0 atom stereocenters. The largest absolute Gasteiger partial charge is 0.497 e. The first kappa shape index (κ1) is 22.1. The van der Waals surface area contributed by atoms with Crippen molar-refractivity contribution in [3.8, 4) is 5.75 Å². The van der Waals surface area contributed by atoms with Crippen LogP contribution in [-0.2, 0) is 13.0 Å². The Morgan fingerprint density at radius 2 is 1.94 bits per heavy atom. The fourth-order valence-corrected chi connectivity index (χ4v) is 5.47. The first-order valence-electron chi connectivity index (χ1n) is 12.0. The van der Waals surface area contributed by atoms with Gasteiger partial charge < -0.3 is 15.0 Å². The molecular formula is C25H34N6O2. The minimum Gasteiger partial charge on any atom is -0.497 e. The number of hydrogen-bond donors (Lipinski definition) is 3. The molecule has 2 aromatic rings. The number of urea groups is 1. The Morgan fingerprint density at radius 3 is 2.67 bits per heavy atom. The number of ether oxygens (including phenoxy) is 1. The summed E-state index contributed by atoms with van der Waals surface area (Å²) in [7, 11) is 1.68. The van der Waals surface area contributed by atoms with Crippen LogP contribution in [0.4, 0.5) is 10.6 Å². The Labute approximate surface area is 195 Å². The van der Waals surface area contributed by atoms with Gasteiger partial charge in [-0.3, -0.25) is 15.8 Å². The Bertz CT molecular complexity index is 1000. The molecule has 0 radical (unpaired) electrons. The molecule has 8 nitrogen and oxygen atoms in total. The van der Waals surface area contributed by atoms with Crippen molar-refractivity contribution >= 4 is 11.8 Å². The number of amides is 2. The van der Waals surface area contributed by atoms with E-state index >= 15 is 0 Å². The van der Waals surface area contributed by atoms with E-state index in [1.165, 1.54) is 5.56 Å². The lowest BCUT2D eigenvalue weighted by Crippen LogP contribution is -2.53. The molecule has 176 valence electrons. The van der Waals surface area contributed by atoms with Gasteiger partial charge in [-0.1, -0.05) is 25.1 Å². The van der Waals surface area contributed by atoms with Crippen LogP contribution in [0.2, 0.25) is 0 Å². The fraction of sp³-hybridized carbons (Fsp3) is 0.520. The van der Waals surface area contributed by atoms with Gasteiger partial charge in [0.05, 0.1) is 19.2 Å². The molecule has 2 amide bonds. The highest BCUT2D eigenvalue weighted by molar-refractivity contribution is 5.94. The number of hydrazine groups is 1. The highest BCUT2D eigenvalue weighted by Gasteiger charge is 2.50. The van der Waals surface area contributed by atoms with Gasteiger partial charge in [-0.25, -0.2) is 9.78 Å². The maximum atomic E-state index is 13.8. The van der Waals surface area contributed by atoms with Crippen molar-refractivity contribution in [2.75, 3.05) is 44.7 Å². The van der Waals surface area contributed by atoms with Crippen LogP contribution in [0.1, 0.15) is 42.5 Å². The lowest BCUT2D eigenvalue weighted by Gasteiger charge is -2.40. The molecule has 33 heavy (non-hydrogen) atoms. The SMILES string of the molecule is CCc1nc(N2CC3(CCNCC3)N(Cc3cccc(OC)c3)C2=O)ccc1C1CNNC1. The molecule has 5 rings (SSSR count). The number of piperidine rings is 1. The number of rotatable bonds is 6. The summed E-state index contributed by atoms with van der Waals surface area (Å²) in [5, 5.41) is 3.46. The number of aromatic nitrogens is 1. The Kier molecular flexibility index (Phi) is 6.23. The summed E-state index contributed by atoms with van der Waals surface area (Å²) in [5.74, 6) is 2.00. The molecule has 8 heteroatoms. The predicted octanol–water partition coefficient (Wildman–Crippen LogP) is 2.41. The molecular weight excluding hydrogens is 416 g/mol. The number of carbonyl (C=O) groups excluding carboxylic acids is 1. The monoisotopic (exact) mass is 450 g/mol. The second-order valence-electron chi connectivity index (χ2n) is 9.30. The normalized spacial score (nSPS) is 20.7. The van der Waals surface area contributed by atoms with E-state index in [0.717, 1.165) is 68.3 Å². The summed E-state index contributed by atoms with van der Waals surface area (Å²) < 4.78 is 5.41. The third kappa shape index (κ3) is 4.18. The van der Waals surface area contributed by atoms with Crippen LogP contribution in [-0.4, -0.2) is 61.3 Å². The van der Waals surface area contributed by atoms with Gasteiger partial charge >= 0.3 is 6.03 Å². The Balaban J connectivity index is 1.45. The van der Waals surface area contributed by atoms with Crippen molar-refractivity contribution < 1.29 is 9.53 Å². The third-order valence-corrected chi connectivity index (χ3v) is 7.36. The van der Waals surface area contributed by atoms with E-state index in [0.29, 0.717) is 19.0 Å². The van der Waals surface area contributed by atoms with E-state index in [1.54, 1.807) is 7.11 Å². The molecule has 3 saturated heterocycles. The van der Waals surface area contributed by atoms with Crippen molar-refractivity contribution in [3.63, 3.8) is 0 Å². The zero-order valence-electron chi connectivity index (χ0n) is 19.6. The number of anilines is 1. The summed E-state index contributed by atoms with van der Waals surface area (Å²) in [6, 6.07) is 12.3. The van der Waals surface area contributed by atoms with E-state index in [1.807, 2.05) is 29.2 Å². The Morgan fingerprint density at radius 1 is 1.15 bits per heavy atom. The highest BCUT2D eigenvalue weighted by Crippen LogP contribution is 2.38. The minimum absolute atomic E-state index is 0.0474. The third-order valence-electron chi connectivity index (χ3n) is 7.36. The molecule has 0 aliphatic carbocycles. The lowest BCUT2D eigenvalue weighted by atomic mass is 9.87. The van der Waals surface area contributed by atoms with Crippen LogP contribution in [0.5, 0.6) is 5.75 Å². The molecule has 3 fully saturated rings. The van der Waals surface area contributed by atoms with Crippen molar-refractivity contribution in [3.05, 3.63) is 53.2 Å². The van der Waals surface area contributed by atoms with Crippen LogP contribution < -0.4 is 25.8 Å². The van der Waals surface area contributed by atoms with E-state index in [9.17, 15) is 4.79 Å². The first-order chi connectivity index (χ1) is 16.1. The van der Waals surface area contributed by atoms with Crippen LogP contribution in [0.15, 0.2) is 36.4 Å². The van der Waals surface area contributed by atoms with Gasteiger partial charge in [0.15, 0.2) is 0 Å². The topological polar surface area (TPSA) is 81.8 Å². The molecule has 3 aliphatic rings. The number of nitrogens with one attached hydrogen (secondary N) is 3. The zero-order valence-corrected chi connectivity index (χ0v) is 19.6. The number of hydrogen-bond acceptors (Lipinski definition) is 6. The number of aryl methyl sites for hydroxylation is 1. The van der Waals surface area contributed by atoms with E-state index < -0.39 is 0 Å². The number of carbonyl (C=O) groups is 1. The van der Waals surface area contributed by atoms with Crippen LogP contribution in [0, 0.1) is 0 Å². The fourth-order valence-electron chi connectivity index (χ4n) is 5.47. The standard InChI is InChI=1S/C25H34N6O2/c1-3-22-21(19-14-27-28-15-19)7-8-23(29-22)30-17-25(9-11-26-12-10-25)31(24(30)32)16-18-5-4-6-20(13-18)33-2/h4-8,13,19,26-28H,3,9-12,14-17H2,1-2H3. The van der Waals surface area contributed by atoms with Gasteiger partial charge in [-0.05, 0) is 61.7 Å². The number of methoxy groups -OCH3 is 1. The predicted molar refractivity (Wildman–Crippen MR) is 128 cm³/mol. The van der Waals surface area contributed by atoms with Crippen molar-refractivity contribution in [2.45, 2.75) is 44.2 Å². The maximum Gasteiger partial charge on any atom is 0.326 e. The molecule has 0 unspecified atom stereocenters. The van der Waals surface area contributed by atoms with E-state index in [-0.39, 0.29) is 11.6 Å². The molecule has 1 aromatic heterocycles. The quantitative estimate of drug-likeness (QED) is 0.627. The number of benzene rings is 1. The average molecular weight is 451 g/mol. The van der Waals surface area contributed by atoms with Crippen molar-refractivity contribution in [2.24, 2.45) is 0 Å². The molecule has 0 saturated carbocycles. The second-order valence-corrected chi connectivity index (χ2v) is 9.30. The smallest absolute Gasteiger partial charge is 0.326 e. The van der Waals surface area contributed by atoms with Gasteiger partial charge in [0.2, 0.25) is 0 Å². The van der Waals surface area contributed by atoms with Crippen molar-refractivity contribution in [1.82, 2.24) is 26.1 Å². The van der Waals surface area contributed by atoms with Gasteiger partial charge in [0, 0.05) is 31.2 Å². The summed E-state index contributed by atoms with van der Waals surface area (Å²) in [4.78, 5) is 22.8. The summed E-state index contributed by atoms with van der Waals surface area (Å²) in [6.45, 7) is 7.04. The lowest BCUT2D eigenvalue weighted by molar-refractivity contribution is 0.119. The van der Waals surface area contributed by atoms with Crippen LogP contribution in [0.3, 0.4) is 0 Å². The second kappa shape index (κ2) is 9.29. The molecule has 0 bridgehead atoms. The summed E-state index contributed by atoms with van der Waals surface area (Å²) in [6.07, 6.45) is 2.74. The van der Waals surface area contributed by atoms with Gasteiger partial charge in [-0.15, -0.1) is 0 Å². The summed E-state index contributed by atoms with van der Waals surface area (Å²) >= 11 is 0. The minimum atomic E-state index is -0.183. The summed E-state index contributed by atoms with van der Waals surface area (Å²) in [5.41, 5.74) is 9.68. The van der Waals surface area contributed by atoms with Gasteiger partial charge in [-0.2, -0.15) is 0 Å². The van der Waals surface area contributed by atoms with Crippen LogP contribution >= 0.6 is 0 Å². The zero-order chi connectivity index (χ0) is 22.8. The van der Waals surface area contributed by atoms with Gasteiger partial charge in [0.1, 0.15) is 11.6 Å².